The van der Waals surface area contributed by atoms with Gasteiger partial charge < -0.3 is 10.1 Å². The molecule has 5 nitrogen and oxygen atoms in total. The summed E-state index contributed by atoms with van der Waals surface area (Å²) in [5.41, 5.74) is 2.06. The van der Waals surface area contributed by atoms with Crippen molar-refractivity contribution in [1.82, 2.24) is 10.2 Å². The van der Waals surface area contributed by atoms with Crippen LogP contribution in [0.1, 0.15) is 18.5 Å². The quantitative estimate of drug-likeness (QED) is 0.651. The first kappa shape index (κ1) is 17.0. The van der Waals surface area contributed by atoms with Gasteiger partial charge in [0.15, 0.2) is 11.0 Å². The van der Waals surface area contributed by atoms with Crippen molar-refractivity contribution in [2.75, 3.05) is 24.7 Å². The van der Waals surface area contributed by atoms with Gasteiger partial charge in [-0.15, -0.1) is 0 Å². The fourth-order valence-electron chi connectivity index (χ4n) is 2.74. The Kier molecular flexibility index (Phi) is 5.52. The van der Waals surface area contributed by atoms with Crippen LogP contribution in [0.4, 0.5) is 10.2 Å². The topological polar surface area (TPSA) is 62.3 Å². The van der Waals surface area contributed by atoms with E-state index in [-0.39, 0.29) is 11.9 Å². The molecule has 0 aliphatic carbocycles. The lowest BCUT2D eigenvalue weighted by atomic mass is 10.1. The van der Waals surface area contributed by atoms with Crippen LogP contribution in [0.15, 0.2) is 29.3 Å². The first-order valence-corrected chi connectivity index (χ1v) is 9.18. The van der Waals surface area contributed by atoms with Crippen LogP contribution in [0.5, 0.6) is 0 Å². The monoisotopic (exact) mass is 348 g/mol. The first-order chi connectivity index (χ1) is 11.7. The zero-order valence-electron chi connectivity index (χ0n) is 13.8. The lowest BCUT2D eigenvalue weighted by molar-refractivity contribution is 0.118. The summed E-state index contributed by atoms with van der Waals surface area (Å²) < 4.78 is 19.8. The van der Waals surface area contributed by atoms with E-state index >= 15 is 0 Å². The van der Waals surface area contributed by atoms with Crippen LogP contribution in [0.25, 0.3) is 11.1 Å². The number of hydrogen-bond acceptors (Lipinski definition) is 4. The molecule has 1 atom stereocenters. The van der Waals surface area contributed by atoms with Gasteiger partial charge in [0.1, 0.15) is 5.82 Å². The number of nitrogens with zero attached hydrogens (tertiary/aromatic N) is 2. The summed E-state index contributed by atoms with van der Waals surface area (Å²) in [4.78, 5) is 4.58. The number of aromatic nitrogens is 2. The molecular formula is C17H21FN4OS. The largest absolute Gasteiger partial charge is 0.376 e. The summed E-state index contributed by atoms with van der Waals surface area (Å²) in [6.45, 7) is 3.32. The molecule has 1 aromatic carbocycles. The minimum absolute atomic E-state index is 0.195. The third-order valence-electron chi connectivity index (χ3n) is 3.97. The lowest BCUT2D eigenvalue weighted by Crippen LogP contribution is -2.15. The Morgan fingerprint density at radius 2 is 2.33 bits per heavy atom. The van der Waals surface area contributed by atoms with Crippen molar-refractivity contribution in [2.24, 2.45) is 4.99 Å². The van der Waals surface area contributed by atoms with Gasteiger partial charge in [0.05, 0.1) is 12.6 Å². The Labute approximate surface area is 145 Å². The van der Waals surface area contributed by atoms with Gasteiger partial charge in [-0.25, -0.2) is 4.39 Å². The molecule has 7 heteroatoms. The molecule has 2 heterocycles. The summed E-state index contributed by atoms with van der Waals surface area (Å²) in [5.74, 6) is 0.310. The Bertz CT molecular complexity index is 725. The second kappa shape index (κ2) is 7.81. The fraction of sp³-hybridized carbons (Fsp3) is 0.412. The molecule has 0 spiro atoms. The molecule has 24 heavy (non-hydrogen) atoms. The second-order valence-electron chi connectivity index (χ2n) is 5.66. The number of hydrogen-bond donors (Lipinski definition) is 2. The molecule has 128 valence electrons. The third-order valence-corrected chi connectivity index (χ3v) is 4.59. The van der Waals surface area contributed by atoms with Crippen molar-refractivity contribution in [1.29, 1.82) is 0 Å². The van der Waals surface area contributed by atoms with Gasteiger partial charge in [0.2, 0.25) is 0 Å². The van der Waals surface area contributed by atoms with Crippen molar-refractivity contribution in [3.8, 4) is 11.1 Å². The number of halogens is 1. The van der Waals surface area contributed by atoms with Gasteiger partial charge in [-0.2, -0.15) is 5.10 Å². The maximum absolute atomic E-state index is 14.2. The molecule has 1 aliphatic rings. The Balaban J connectivity index is 1.82. The molecular weight excluding hydrogens is 327 g/mol. The SMILES string of the molecule is CSC(=NC[C@@H]1CCCO1)Nc1n[nH]c(C)c1-c1ccccc1F. The predicted molar refractivity (Wildman–Crippen MR) is 97.1 cm³/mol. The van der Waals surface area contributed by atoms with E-state index in [0.29, 0.717) is 17.9 Å². The van der Waals surface area contributed by atoms with E-state index in [1.807, 2.05) is 19.2 Å². The van der Waals surface area contributed by atoms with Crippen LogP contribution in [0.2, 0.25) is 0 Å². The van der Waals surface area contributed by atoms with E-state index < -0.39 is 0 Å². The van der Waals surface area contributed by atoms with Crippen LogP contribution >= 0.6 is 11.8 Å². The zero-order chi connectivity index (χ0) is 16.9. The molecule has 0 unspecified atom stereocenters. The lowest BCUT2D eigenvalue weighted by Gasteiger charge is -2.10. The van der Waals surface area contributed by atoms with E-state index in [1.165, 1.54) is 17.8 Å². The van der Waals surface area contributed by atoms with E-state index in [4.69, 9.17) is 4.74 Å². The Morgan fingerprint density at radius 3 is 3.04 bits per heavy atom. The van der Waals surface area contributed by atoms with E-state index in [0.717, 1.165) is 35.9 Å². The molecule has 2 aromatic rings. The van der Waals surface area contributed by atoms with Crippen LogP contribution < -0.4 is 5.32 Å². The van der Waals surface area contributed by atoms with Crippen LogP contribution in [-0.2, 0) is 4.74 Å². The van der Waals surface area contributed by atoms with Crippen LogP contribution in [0.3, 0.4) is 0 Å². The maximum atomic E-state index is 14.2. The molecule has 0 amide bonds. The summed E-state index contributed by atoms with van der Waals surface area (Å²) in [7, 11) is 0. The van der Waals surface area contributed by atoms with E-state index in [9.17, 15) is 4.39 Å². The van der Waals surface area contributed by atoms with Crippen molar-refractivity contribution >= 4 is 22.7 Å². The molecule has 0 bridgehead atoms. The zero-order valence-corrected chi connectivity index (χ0v) is 14.6. The molecule has 3 rings (SSSR count). The minimum atomic E-state index is -0.271. The number of aliphatic imine (C=N–C) groups is 1. The van der Waals surface area contributed by atoms with Gasteiger partial charge in [-0.05, 0) is 32.1 Å². The highest BCUT2D eigenvalue weighted by atomic mass is 32.2. The normalized spacial score (nSPS) is 18.1. The summed E-state index contributed by atoms with van der Waals surface area (Å²) in [6.07, 6.45) is 4.29. The minimum Gasteiger partial charge on any atom is -0.376 e. The number of benzene rings is 1. The molecule has 0 saturated carbocycles. The number of aromatic amines is 1. The highest BCUT2D eigenvalue weighted by Crippen LogP contribution is 2.31. The Hall–Kier alpha value is -1.86. The summed E-state index contributed by atoms with van der Waals surface area (Å²) in [5, 5.41) is 11.2. The van der Waals surface area contributed by atoms with Crippen molar-refractivity contribution in [3.63, 3.8) is 0 Å². The van der Waals surface area contributed by atoms with E-state index in [2.05, 4.69) is 20.5 Å². The molecule has 0 radical (unpaired) electrons. The number of rotatable bonds is 4. The van der Waals surface area contributed by atoms with Crippen molar-refractivity contribution in [3.05, 3.63) is 35.8 Å². The average molecular weight is 348 g/mol. The highest BCUT2D eigenvalue weighted by Gasteiger charge is 2.18. The number of aryl methyl sites for hydroxylation is 1. The smallest absolute Gasteiger partial charge is 0.162 e. The molecule has 2 N–H and O–H groups in total. The molecule has 1 fully saturated rings. The maximum Gasteiger partial charge on any atom is 0.162 e. The number of anilines is 1. The average Bonchev–Trinajstić information content (AvgIpc) is 3.22. The van der Waals surface area contributed by atoms with Crippen LogP contribution in [-0.4, -0.2) is 40.9 Å². The number of amidine groups is 1. The van der Waals surface area contributed by atoms with Crippen molar-refractivity contribution in [2.45, 2.75) is 25.9 Å². The van der Waals surface area contributed by atoms with Gasteiger partial charge >= 0.3 is 0 Å². The third kappa shape index (κ3) is 3.79. The number of thioether (sulfide) groups is 1. The number of H-pyrrole nitrogens is 1. The first-order valence-electron chi connectivity index (χ1n) is 7.96. The van der Waals surface area contributed by atoms with Gasteiger partial charge in [-0.3, -0.25) is 10.1 Å². The summed E-state index contributed by atoms with van der Waals surface area (Å²) in [6, 6.07) is 6.70. The molecule has 1 aromatic heterocycles. The van der Waals surface area contributed by atoms with Gasteiger partial charge in [0, 0.05) is 23.4 Å². The fourth-order valence-corrected chi connectivity index (χ4v) is 3.14. The standard InChI is InChI=1S/C17H21FN4OS/c1-11-15(13-7-3-4-8-14(13)18)16(22-21-11)20-17(24-2)19-10-12-6-5-9-23-12/h3-4,7-8,12H,5-6,9-10H2,1-2H3,(H2,19,20,21,22)/t12-/m0/s1. The van der Waals surface area contributed by atoms with Gasteiger partial charge in [0.25, 0.3) is 0 Å². The van der Waals surface area contributed by atoms with Gasteiger partial charge in [-0.1, -0.05) is 30.0 Å². The predicted octanol–water partition coefficient (Wildman–Crippen LogP) is 3.83. The van der Waals surface area contributed by atoms with Crippen molar-refractivity contribution < 1.29 is 9.13 Å². The Morgan fingerprint density at radius 1 is 1.50 bits per heavy atom. The number of ether oxygens (including phenoxy) is 1. The molecule has 1 saturated heterocycles. The number of nitrogens with one attached hydrogen (secondary N) is 2. The summed E-state index contributed by atoms with van der Waals surface area (Å²) >= 11 is 1.50. The molecule has 1 aliphatic heterocycles. The highest BCUT2D eigenvalue weighted by molar-refractivity contribution is 8.13. The second-order valence-corrected chi connectivity index (χ2v) is 6.46. The van der Waals surface area contributed by atoms with Crippen LogP contribution in [0, 0.1) is 12.7 Å². The van der Waals surface area contributed by atoms with E-state index in [1.54, 1.807) is 12.1 Å².